The van der Waals surface area contributed by atoms with E-state index in [4.69, 9.17) is 16.2 Å². The molecule has 15 heteroatoms. The number of aromatic nitrogens is 6. The molecule has 0 radical (unpaired) electrons. The van der Waals surface area contributed by atoms with Crippen molar-refractivity contribution in [3.63, 3.8) is 0 Å². The Bertz CT molecular complexity index is 1260. The normalized spacial score (nSPS) is 10.4. The molecule has 4 aromatic rings. The van der Waals surface area contributed by atoms with E-state index in [1.54, 1.807) is 0 Å². The van der Waals surface area contributed by atoms with Crippen molar-refractivity contribution in [3.8, 4) is 34.2 Å². The first kappa shape index (κ1) is 32.2. The first-order valence-corrected chi connectivity index (χ1v) is 13.3. The van der Waals surface area contributed by atoms with E-state index >= 15 is 0 Å². The van der Waals surface area contributed by atoms with Crippen LogP contribution in [0.1, 0.15) is 40.0 Å². The van der Waals surface area contributed by atoms with Gasteiger partial charge < -0.3 is 0 Å². The van der Waals surface area contributed by atoms with E-state index in [-0.39, 0.29) is 51.6 Å². The van der Waals surface area contributed by atoms with E-state index in [9.17, 15) is 0 Å². The van der Waals surface area contributed by atoms with Crippen molar-refractivity contribution in [1.82, 2.24) is 26.8 Å². The van der Waals surface area contributed by atoms with Gasteiger partial charge in [0.15, 0.2) is 17.5 Å². The van der Waals surface area contributed by atoms with E-state index in [1.807, 2.05) is 18.2 Å². The lowest BCUT2D eigenvalue weighted by atomic mass is 10.0. The molecule has 0 atom stereocenters. The van der Waals surface area contributed by atoms with Crippen molar-refractivity contribution >= 4 is 71.8 Å². The second-order valence-electron chi connectivity index (χ2n) is 7.60. The molecule has 198 valence electrons. The van der Waals surface area contributed by atoms with Crippen LogP contribution < -0.4 is 14.4 Å². The third kappa shape index (κ3) is 6.93. The van der Waals surface area contributed by atoms with Crippen LogP contribution in [0.2, 0.25) is 0 Å². The predicted molar refractivity (Wildman–Crippen MR) is 154 cm³/mol. The molecule has 0 saturated carbocycles. The molecule has 0 saturated heterocycles. The maximum atomic E-state index is 8.11. The Kier molecular flexibility index (Phi) is 12.7. The highest BCUT2D eigenvalue weighted by Crippen LogP contribution is 2.32. The van der Waals surface area contributed by atoms with Crippen LogP contribution in [-0.2, 0) is 19.6 Å². The molecular formula is C21H30Cl3N9S3. The van der Waals surface area contributed by atoms with E-state index in [0.717, 1.165) is 73.1 Å². The van der Waals surface area contributed by atoms with Crippen LogP contribution in [0.3, 0.4) is 0 Å². The Morgan fingerprint density at radius 2 is 0.806 bits per heavy atom. The second kappa shape index (κ2) is 14.2. The maximum Gasteiger partial charge on any atom is 0.219 e. The van der Waals surface area contributed by atoms with Crippen molar-refractivity contribution in [3.05, 3.63) is 32.6 Å². The summed E-state index contributed by atoms with van der Waals surface area (Å²) in [7, 11) is 0. The van der Waals surface area contributed by atoms with Gasteiger partial charge in [0.05, 0.1) is 0 Å². The minimum atomic E-state index is 0. The quantitative estimate of drug-likeness (QED) is 0.235. The third-order valence-corrected chi connectivity index (χ3v) is 7.43. The number of nitrogens with one attached hydrogen (secondary N) is 3. The first-order valence-electron chi connectivity index (χ1n) is 11.0. The number of halogens is 3. The average molecular weight is 611 g/mol. The van der Waals surface area contributed by atoms with Gasteiger partial charge in [-0.2, -0.15) is 15.0 Å². The van der Waals surface area contributed by atoms with Crippen LogP contribution in [0.4, 0.5) is 0 Å². The number of nitrogens with zero attached hydrogens (tertiary/aromatic N) is 6. The van der Waals surface area contributed by atoms with Gasteiger partial charge in [0.1, 0.15) is 0 Å². The summed E-state index contributed by atoms with van der Waals surface area (Å²) in [5.41, 5.74) is 2.66. The molecule has 0 aliphatic carbocycles. The van der Waals surface area contributed by atoms with Gasteiger partial charge in [-0.05, 0) is 72.1 Å². The summed E-state index contributed by atoms with van der Waals surface area (Å²) in [5, 5.41) is 24.3. The fourth-order valence-corrected chi connectivity index (χ4v) is 6.19. The molecular weight excluding hydrogens is 581 g/mol. The lowest BCUT2D eigenvalue weighted by molar-refractivity contribution is 0.727. The van der Waals surface area contributed by atoms with E-state index in [0.29, 0.717) is 0 Å². The summed E-state index contributed by atoms with van der Waals surface area (Å²) in [4.78, 5) is 14.4. The molecule has 0 unspecified atom stereocenters. The molecule has 4 rings (SSSR count). The fourth-order valence-electron chi connectivity index (χ4n) is 3.66. The smallest absolute Gasteiger partial charge is 0.219 e. The van der Waals surface area contributed by atoms with E-state index in [1.165, 1.54) is 34.6 Å². The van der Waals surface area contributed by atoms with E-state index in [2.05, 4.69) is 47.6 Å². The number of aryl methyl sites for hydroxylation is 3. The van der Waals surface area contributed by atoms with Gasteiger partial charge in [-0.3, -0.25) is 28.1 Å². The summed E-state index contributed by atoms with van der Waals surface area (Å²) < 4.78 is 6.16. The highest BCUT2D eigenvalue weighted by Gasteiger charge is 2.18. The van der Waals surface area contributed by atoms with Gasteiger partial charge in [0.2, 0.25) is 14.4 Å². The molecule has 3 aromatic heterocycles. The Morgan fingerprint density at radius 1 is 0.556 bits per heavy atom. The molecule has 0 amide bonds. The summed E-state index contributed by atoms with van der Waals surface area (Å²) in [5.74, 6) is 2.25. The molecule has 3 N–H and O–H groups in total. The lowest BCUT2D eigenvalue weighted by Crippen LogP contribution is -2.02. The van der Waals surface area contributed by atoms with Crippen LogP contribution in [0.5, 0.6) is 0 Å². The maximum absolute atomic E-state index is 8.11. The lowest BCUT2D eigenvalue weighted by Gasteiger charge is -2.12. The Balaban J connectivity index is 0.00000216. The van der Waals surface area contributed by atoms with Gasteiger partial charge in [-0.1, -0.05) is 20.8 Å². The van der Waals surface area contributed by atoms with Gasteiger partial charge in [0.25, 0.3) is 0 Å². The van der Waals surface area contributed by atoms with Crippen molar-refractivity contribution in [2.45, 2.75) is 59.7 Å². The molecule has 0 bridgehead atoms. The van der Waals surface area contributed by atoms with E-state index < -0.39 is 0 Å². The largest absolute Gasteiger partial charge is 0.278 e. The van der Waals surface area contributed by atoms with Gasteiger partial charge in [-0.25, -0.2) is 0 Å². The molecule has 1 aromatic carbocycles. The summed E-state index contributed by atoms with van der Waals surface area (Å²) in [6, 6.07) is 6.13. The van der Waals surface area contributed by atoms with Crippen molar-refractivity contribution in [2.24, 2.45) is 0 Å². The summed E-state index contributed by atoms with van der Waals surface area (Å²) >= 11 is 4.03. The van der Waals surface area contributed by atoms with Gasteiger partial charge >= 0.3 is 0 Å². The summed E-state index contributed by atoms with van der Waals surface area (Å²) in [6.07, 6.45) is 2.84. The minimum absolute atomic E-state index is 0. The highest BCUT2D eigenvalue weighted by molar-refractivity contribution is 7.04. The van der Waals surface area contributed by atoms with Crippen LogP contribution in [-0.4, -0.2) is 26.8 Å². The zero-order valence-electron chi connectivity index (χ0n) is 20.1. The van der Waals surface area contributed by atoms with Crippen LogP contribution in [0.15, 0.2) is 18.2 Å². The second-order valence-corrected chi connectivity index (χ2v) is 10.6. The number of rotatable bonds is 9. The SMILES string of the molecule is CCCn1sc(=N)nc1-c1cc(-c2nc(=N)sn2CCC)cc(-c2nc(=N)sn2CCC)c1.Cl.Cl.Cl. The van der Waals surface area contributed by atoms with Crippen LogP contribution in [0.25, 0.3) is 34.2 Å². The third-order valence-electron chi connectivity index (χ3n) is 4.91. The van der Waals surface area contributed by atoms with Gasteiger partial charge in [-0.15, -0.1) is 37.2 Å². The Hall–Kier alpha value is -1.83. The summed E-state index contributed by atoms with van der Waals surface area (Å²) in [6.45, 7) is 8.70. The number of hydrogen-bond donors (Lipinski definition) is 3. The molecule has 0 spiro atoms. The molecule has 3 heterocycles. The monoisotopic (exact) mass is 609 g/mol. The predicted octanol–water partition coefficient (Wildman–Crippen LogP) is 5.40. The molecule has 0 fully saturated rings. The Morgan fingerprint density at radius 3 is 1.03 bits per heavy atom. The van der Waals surface area contributed by atoms with Crippen LogP contribution >= 0.6 is 71.8 Å². The molecule has 36 heavy (non-hydrogen) atoms. The molecule has 0 aliphatic heterocycles. The molecule has 9 nitrogen and oxygen atoms in total. The first-order chi connectivity index (χ1) is 15.9. The topological polar surface area (TPSA) is 125 Å². The van der Waals surface area contributed by atoms with Crippen molar-refractivity contribution in [1.29, 1.82) is 16.2 Å². The Labute approximate surface area is 240 Å². The molecule has 0 aliphatic rings. The average Bonchev–Trinajstić information content (AvgIpc) is 3.45. The zero-order chi connectivity index (χ0) is 23.5. The fraction of sp³-hybridized carbons (Fsp3) is 0.429. The van der Waals surface area contributed by atoms with Crippen molar-refractivity contribution in [2.75, 3.05) is 0 Å². The van der Waals surface area contributed by atoms with Crippen molar-refractivity contribution < 1.29 is 0 Å². The highest BCUT2D eigenvalue weighted by atomic mass is 35.5. The number of benzene rings is 1. The van der Waals surface area contributed by atoms with Gasteiger partial charge in [0, 0.05) is 36.3 Å². The standard InChI is InChI=1S/C21H27N9S3.3ClH/c1-4-7-28-16(25-19(22)31-28)13-10-14(17-26-20(23)32-29(17)8-5-2)12-15(11-13)18-27-21(24)33-30(18)9-6-3;;;/h10-12,22-24H,4-9H2,1-3H3;3*1H. The number of hydrogen-bond acceptors (Lipinski definition) is 9. The zero-order valence-corrected chi connectivity index (χ0v) is 25.0. The van der Waals surface area contributed by atoms with Crippen LogP contribution in [0, 0.1) is 16.2 Å². The minimum Gasteiger partial charge on any atom is -0.278 e.